The van der Waals surface area contributed by atoms with Crippen LogP contribution < -0.4 is 5.73 Å². The van der Waals surface area contributed by atoms with Crippen molar-refractivity contribution in [3.8, 4) is 0 Å². The number of thioether (sulfide) groups is 1. The van der Waals surface area contributed by atoms with Crippen LogP contribution in [0.25, 0.3) is 0 Å². The van der Waals surface area contributed by atoms with Gasteiger partial charge in [0, 0.05) is 18.0 Å². The molecule has 1 saturated heterocycles. The monoisotopic (exact) mass is 312 g/mol. The van der Waals surface area contributed by atoms with Crippen molar-refractivity contribution in [1.82, 2.24) is 4.90 Å². The Morgan fingerprint density at radius 2 is 2.25 bits per heavy atom. The molecule has 1 aromatic carbocycles. The summed E-state index contributed by atoms with van der Waals surface area (Å²) in [5.41, 5.74) is 7.24. The second-order valence-corrected chi connectivity index (χ2v) is 7.19. The van der Waals surface area contributed by atoms with Gasteiger partial charge in [-0.1, -0.05) is 25.1 Å². The molecule has 2 N–H and O–H groups in total. The Kier molecular flexibility index (Phi) is 4.67. The predicted octanol–water partition coefficient (Wildman–Crippen LogP) is 2.32. The zero-order valence-corrected chi connectivity index (χ0v) is 13.3. The molecule has 2 aliphatic heterocycles. The van der Waals surface area contributed by atoms with Crippen molar-refractivity contribution in [3.05, 3.63) is 29.8 Å². The molecule has 0 aromatic heterocycles. The number of hydrogen-bond donors (Lipinski definition) is 1. The molecule has 0 saturated carbocycles. The molecule has 1 fully saturated rings. The maximum absolute atomic E-state index is 12.6. The molecule has 3 nitrogen and oxygen atoms in total. The first-order valence-corrected chi connectivity index (χ1v) is 7.73. The van der Waals surface area contributed by atoms with E-state index in [4.69, 9.17) is 5.73 Å². The van der Waals surface area contributed by atoms with E-state index in [1.807, 2.05) is 17.0 Å². The van der Waals surface area contributed by atoms with Gasteiger partial charge in [0.2, 0.25) is 5.91 Å². The summed E-state index contributed by atoms with van der Waals surface area (Å²) in [4.78, 5) is 15.9. The summed E-state index contributed by atoms with van der Waals surface area (Å²) in [6.07, 6.45) is 1.90. The molecule has 2 atom stereocenters. The smallest absolute Gasteiger partial charge is 0.236 e. The first kappa shape index (κ1) is 15.7. The average Bonchev–Trinajstić information content (AvgIpc) is 3.02. The summed E-state index contributed by atoms with van der Waals surface area (Å²) in [5, 5.41) is 0.0672. The van der Waals surface area contributed by atoms with Crippen LogP contribution in [-0.2, 0) is 11.2 Å². The van der Waals surface area contributed by atoms with Crippen LogP contribution in [0.5, 0.6) is 0 Å². The van der Waals surface area contributed by atoms with Crippen molar-refractivity contribution in [2.24, 2.45) is 11.1 Å². The highest BCUT2D eigenvalue weighted by Gasteiger charge is 2.39. The number of carbonyl (C=O) groups is 1. The second kappa shape index (κ2) is 5.96. The molecule has 2 unspecified atom stereocenters. The lowest BCUT2D eigenvalue weighted by Gasteiger charge is -2.24. The lowest BCUT2D eigenvalue weighted by atomic mass is 9.90. The van der Waals surface area contributed by atoms with Crippen molar-refractivity contribution in [1.29, 1.82) is 0 Å². The number of rotatable bonds is 2. The Morgan fingerprint density at radius 1 is 1.50 bits per heavy atom. The van der Waals surface area contributed by atoms with E-state index in [-0.39, 0.29) is 23.1 Å². The van der Waals surface area contributed by atoms with Gasteiger partial charge in [-0.05, 0) is 36.4 Å². The maximum atomic E-state index is 12.6. The lowest BCUT2D eigenvalue weighted by molar-refractivity contribution is -0.129. The minimum atomic E-state index is 0. The molecule has 0 bridgehead atoms. The standard InChI is InChI=1S/C15H20N2OS.ClH/c1-15(9-16)6-7-17(10-15)14(18)13-8-11-4-2-3-5-12(11)19-13;/h2-5,13H,6-10,16H2,1H3;1H. The van der Waals surface area contributed by atoms with Crippen LogP contribution in [0.1, 0.15) is 18.9 Å². The average molecular weight is 313 g/mol. The minimum absolute atomic E-state index is 0. The quantitative estimate of drug-likeness (QED) is 0.911. The molecule has 20 heavy (non-hydrogen) atoms. The number of amides is 1. The van der Waals surface area contributed by atoms with Crippen molar-refractivity contribution in [2.75, 3.05) is 19.6 Å². The second-order valence-electron chi connectivity index (χ2n) is 5.94. The van der Waals surface area contributed by atoms with Gasteiger partial charge in [0.15, 0.2) is 0 Å². The number of halogens is 1. The molecule has 2 heterocycles. The van der Waals surface area contributed by atoms with Crippen LogP contribution in [-0.4, -0.2) is 35.7 Å². The number of carbonyl (C=O) groups excluding carboxylic acids is 1. The van der Waals surface area contributed by atoms with Gasteiger partial charge in [-0.25, -0.2) is 0 Å². The Labute approximate surface area is 130 Å². The first-order valence-electron chi connectivity index (χ1n) is 6.85. The highest BCUT2D eigenvalue weighted by molar-refractivity contribution is 8.01. The zero-order valence-electron chi connectivity index (χ0n) is 11.7. The predicted molar refractivity (Wildman–Crippen MR) is 85.4 cm³/mol. The molecule has 0 radical (unpaired) electrons. The van der Waals surface area contributed by atoms with E-state index in [0.717, 1.165) is 25.9 Å². The summed E-state index contributed by atoms with van der Waals surface area (Å²) in [6, 6.07) is 8.33. The number of nitrogens with zero attached hydrogens (tertiary/aromatic N) is 1. The molecule has 0 spiro atoms. The van der Waals surface area contributed by atoms with Crippen molar-refractivity contribution in [2.45, 2.75) is 29.9 Å². The van der Waals surface area contributed by atoms with E-state index in [1.54, 1.807) is 11.8 Å². The zero-order chi connectivity index (χ0) is 13.5. The first-order chi connectivity index (χ1) is 9.11. The summed E-state index contributed by atoms with van der Waals surface area (Å²) in [6.45, 7) is 4.52. The van der Waals surface area contributed by atoms with Crippen LogP contribution in [0.3, 0.4) is 0 Å². The summed E-state index contributed by atoms with van der Waals surface area (Å²) >= 11 is 1.72. The van der Waals surface area contributed by atoms with Crippen LogP contribution in [0.15, 0.2) is 29.2 Å². The van der Waals surface area contributed by atoms with Gasteiger partial charge in [-0.3, -0.25) is 4.79 Å². The molecule has 1 amide bonds. The number of nitrogens with two attached hydrogens (primary N) is 1. The number of benzene rings is 1. The normalized spacial score (nSPS) is 28.1. The maximum Gasteiger partial charge on any atom is 0.236 e. The van der Waals surface area contributed by atoms with Crippen LogP contribution >= 0.6 is 24.2 Å². The lowest BCUT2D eigenvalue weighted by Crippen LogP contribution is -2.38. The molecule has 2 aliphatic rings. The van der Waals surface area contributed by atoms with E-state index in [9.17, 15) is 4.79 Å². The van der Waals surface area contributed by atoms with E-state index < -0.39 is 0 Å². The van der Waals surface area contributed by atoms with Crippen LogP contribution in [0.4, 0.5) is 0 Å². The van der Waals surface area contributed by atoms with Crippen molar-refractivity contribution < 1.29 is 4.79 Å². The summed E-state index contributed by atoms with van der Waals surface area (Å²) in [5.74, 6) is 0.290. The Morgan fingerprint density at radius 3 is 2.90 bits per heavy atom. The highest BCUT2D eigenvalue weighted by Crippen LogP contribution is 2.39. The van der Waals surface area contributed by atoms with Crippen LogP contribution in [0, 0.1) is 5.41 Å². The van der Waals surface area contributed by atoms with Gasteiger partial charge in [-0.15, -0.1) is 24.2 Å². The van der Waals surface area contributed by atoms with Gasteiger partial charge >= 0.3 is 0 Å². The number of fused-ring (bicyclic) bond motifs is 1. The Balaban J connectivity index is 0.00000147. The fourth-order valence-corrected chi connectivity index (χ4v) is 4.18. The van der Waals surface area contributed by atoms with Crippen molar-refractivity contribution in [3.63, 3.8) is 0 Å². The summed E-state index contributed by atoms with van der Waals surface area (Å²) < 4.78 is 0. The minimum Gasteiger partial charge on any atom is -0.341 e. The van der Waals surface area contributed by atoms with Gasteiger partial charge in [0.25, 0.3) is 0 Å². The molecule has 5 heteroatoms. The molecular formula is C15H21ClN2OS. The number of likely N-dealkylation sites (tertiary alicyclic amines) is 1. The van der Waals surface area contributed by atoms with Gasteiger partial charge < -0.3 is 10.6 Å². The van der Waals surface area contributed by atoms with Crippen LogP contribution in [0.2, 0.25) is 0 Å². The largest absolute Gasteiger partial charge is 0.341 e. The topological polar surface area (TPSA) is 46.3 Å². The molecule has 110 valence electrons. The highest BCUT2D eigenvalue weighted by atomic mass is 35.5. The molecule has 0 aliphatic carbocycles. The summed E-state index contributed by atoms with van der Waals surface area (Å²) in [7, 11) is 0. The van der Waals surface area contributed by atoms with E-state index in [0.29, 0.717) is 12.5 Å². The van der Waals surface area contributed by atoms with E-state index in [2.05, 4.69) is 19.1 Å². The molecule has 1 aromatic rings. The van der Waals surface area contributed by atoms with E-state index >= 15 is 0 Å². The fraction of sp³-hybridized carbons (Fsp3) is 0.533. The SMILES string of the molecule is CC1(CN)CCN(C(=O)C2Cc3ccccc3S2)C1.Cl. The van der Waals surface area contributed by atoms with Gasteiger partial charge in [0.1, 0.15) is 0 Å². The fourth-order valence-electron chi connectivity index (χ4n) is 2.90. The third-order valence-electron chi connectivity index (χ3n) is 4.28. The molecule has 3 rings (SSSR count). The third-order valence-corrected chi connectivity index (χ3v) is 5.59. The molecular weight excluding hydrogens is 292 g/mol. The number of hydrogen-bond acceptors (Lipinski definition) is 3. The Bertz CT molecular complexity index is 485. The van der Waals surface area contributed by atoms with E-state index in [1.165, 1.54) is 10.5 Å². The third kappa shape index (κ3) is 2.83. The Hall–Kier alpha value is -0.710. The van der Waals surface area contributed by atoms with Gasteiger partial charge in [-0.2, -0.15) is 0 Å². The van der Waals surface area contributed by atoms with Gasteiger partial charge in [0.05, 0.1) is 5.25 Å². The van der Waals surface area contributed by atoms with Crippen molar-refractivity contribution >= 4 is 30.1 Å².